The quantitative estimate of drug-likeness (QED) is 0.661. The number of aliphatic hydroxyl groups is 1. The van der Waals surface area contributed by atoms with Crippen molar-refractivity contribution in [1.82, 2.24) is 4.90 Å². The number of nitrogens with zero attached hydrogens (tertiary/aromatic N) is 1. The van der Waals surface area contributed by atoms with Crippen LogP contribution < -0.4 is 0 Å². The first-order chi connectivity index (χ1) is 6.88. The lowest BCUT2D eigenvalue weighted by molar-refractivity contribution is -0.0477. The number of hydrogen-bond donors (Lipinski definition) is 1. The summed E-state index contributed by atoms with van der Waals surface area (Å²) < 4.78 is 5.27. The van der Waals surface area contributed by atoms with Crippen molar-refractivity contribution >= 4 is 6.09 Å². The topological polar surface area (TPSA) is 49.8 Å². The lowest BCUT2D eigenvalue weighted by Gasteiger charge is -2.45. The minimum absolute atomic E-state index is 0.0137. The molecule has 0 aromatic heterocycles. The Hall–Kier alpha value is -0.770. The fourth-order valence-corrected chi connectivity index (χ4v) is 2.46. The van der Waals surface area contributed by atoms with E-state index in [9.17, 15) is 9.90 Å². The second kappa shape index (κ2) is 3.37. The molecule has 1 N–H and O–H groups in total. The molecule has 0 radical (unpaired) electrons. The molecule has 2 fully saturated rings. The summed E-state index contributed by atoms with van der Waals surface area (Å²) in [5.74, 6) is 0.493. The van der Waals surface area contributed by atoms with Gasteiger partial charge in [0.05, 0.1) is 12.1 Å². The van der Waals surface area contributed by atoms with E-state index in [0.29, 0.717) is 5.92 Å². The van der Waals surface area contributed by atoms with Gasteiger partial charge >= 0.3 is 6.09 Å². The lowest BCUT2D eigenvalue weighted by Crippen LogP contribution is -2.60. The van der Waals surface area contributed by atoms with Crippen LogP contribution in [0.1, 0.15) is 33.6 Å². The van der Waals surface area contributed by atoms with Crippen molar-refractivity contribution in [3.05, 3.63) is 0 Å². The summed E-state index contributed by atoms with van der Waals surface area (Å²) in [5, 5.41) is 9.69. The molecule has 1 saturated heterocycles. The van der Waals surface area contributed by atoms with Crippen molar-refractivity contribution in [2.24, 2.45) is 5.92 Å². The van der Waals surface area contributed by atoms with Crippen LogP contribution >= 0.6 is 0 Å². The van der Waals surface area contributed by atoms with Crippen molar-refractivity contribution in [2.75, 3.05) is 6.54 Å². The zero-order valence-corrected chi connectivity index (χ0v) is 9.56. The Balaban J connectivity index is 1.93. The maximum absolute atomic E-state index is 11.7. The van der Waals surface area contributed by atoms with Gasteiger partial charge in [0, 0.05) is 6.54 Å². The van der Waals surface area contributed by atoms with Gasteiger partial charge in [-0.1, -0.05) is 0 Å². The largest absolute Gasteiger partial charge is 0.444 e. The molecule has 3 atom stereocenters. The molecule has 0 aromatic carbocycles. The SMILES string of the molecule is CC(C)(C)OC(=O)N1C[C@H]2CC[C@H](O)[C@H]21. The summed E-state index contributed by atoms with van der Waals surface area (Å²) in [5.41, 5.74) is -0.453. The van der Waals surface area contributed by atoms with Gasteiger partial charge in [0.2, 0.25) is 0 Å². The van der Waals surface area contributed by atoms with E-state index in [1.54, 1.807) is 4.90 Å². The number of ether oxygens (including phenoxy) is 1. The van der Waals surface area contributed by atoms with Crippen LogP contribution in [0.25, 0.3) is 0 Å². The van der Waals surface area contributed by atoms with Gasteiger partial charge in [-0.05, 0) is 39.5 Å². The summed E-state index contributed by atoms with van der Waals surface area (Å²) in [7, 11) is 0. The molecule has 86 valence electrons. The molecule has 1 aliphatic carbocycles. The number of carbonyl (C=O) groups is 1. The monoisotopic (exact) mass is 213 g/mol. The summed E-state index contributed by atoms with van der Waals surface area (Å²) in [6, 6.07) is 0.0137. The van der Waals surface area contributed by atoms with Gasteiger partial charge in [0.15, 0.2) is 0 Å². The highest BCUT2D eigenvalue weighted by molar-refractivity contribution is 5.70. The summed E-state index contributed by atoms with van der Waals surface area (Å²) >= 11 is 0. The van der Waals surface area contributed by atoms with Gasteiger partial charge in [0.25, 0.3) is 0 Å². The highest BCUT2D eigenvalue weighted by atomic mass is 16.6. The van der Waals surface area contributed by atoms with E-state index in [4.69, 9.17) is 4.74 Å². The van der Waals surface area contributed by atoms with Crippen LogP contribution in [0.2, 0.25) is 0 Å². The zero-order valence-electron chi connectivity index (χ0n) is 9.56. The lowest BCUT2D eigenvalue weighted by atomic mass is 9.92. The van der Waals surface area contributed by atoms with Gasteiger partial charge in [-0.15, -0.1) is 0 Å². The molecular weight excluding hydrogens is 194 g/mol. The van der Waals surface area contributed by atoms with Crippen LogP contribution in [-0.4, -0.2) is 40.4 Å². The maximum atomic E-state index is 11.7. The first-order valence-electron chi connectivity index (χ1n) is 5.56. The molecule has 2 aliphatic rings. The van der Waals surface area contributed by atoms with Crippen LogP contribution in [0.4, 0.5) is 4.79 Å². The summed E-state index contributed by atoms with van der Waals surface area (Å²) in [6.07, 6.45) is 1.21. The van der Waals surface area contributed by atoms with Crippen molar-refractivity contribution < 1.29 is 14.6 Å². The minimum Gasteiger partial charge on any atom is -0.444 e. The molecular formula is C11H19NO3. The van der Waals surface area contributed by atoms with Gasteiger partial charge in [-0.25, -0.2) is 4.79 Å². The van der Waals surface area contributed by atoms with E-state index in [1.165, 1.54) is 0 Å². The van der Waals surface area contributed by atoms with Gasteiger partial charge in [0.1, 0.15) is 5.60 Å². The third-order valence-corrected chi connectivity index (χ3v) is 3.13. The van der Waals surface area contributed by atoms with Crippen LogP contribution in [0.5, 0.6) is 0 Å². The average Bonchev–Trinajstić information content (AvgIpc) is 2.21. The van der Waals surface area contributed by atoms with E-state index in [2.05, 4.69) is 0 Å². The number of amides is 1. The Morgan fingerprint density at radius 2 is 2.07 bits per heavy atom. The molecule has 4 heteroatoms. The van der Waals surface area contributed by atoms with E-state index in [0.717, 1.165) is 19.4 Å². The Morgan fingerprint density at radius 3 is 2.60 bits per heavy atom. The smallest absolute Gasteiger partial charge is 0.410 e. The molecule has 0 spiro atoms. The number of likely N-dealkylation sites (tertiary alicyclic amines) is 1. The van der Waals surface area contributed by atoms with Crippen LogP contribution in [0.15, 0.2) is 0 Å². The standard InChI is InChI=1S/C11H19NO3/c1-11(2,3)15-10(14)12-6-7-4-5-8(13)9(7)12/h7-9,13H,4-6H2,1-3H3/t7-,8+,9+/m1/s1. The normalized spacial score (nSPS) is 34.7. The van der Waals surface area contributed by atoms with Gasteiger partial charge < -0.3 is 14.7 Å². The molecule has 2 rings (SSSR count). The second-order valence-corrected chi connectivity index (χ2v) is 5.53. The average molecular weight is 213 g/mol. The van der Waals surface area contributed by atoms with Crippen molar-refractivity contribution in [3.63, 3.8) is 0 Å². The zero-order chi connectivity index (χ0) is 11.2. The molecule has 15 heavy (non-hydrogen) atoms. The first-order valence-corrected chi connectivity index (χ1v) is 5.56. The molecule has 0 unspecified atom stereocenters. The fourth-order valence-electron chi connectivity index (χ4n) is 2.46. The molecule has 1 aliphatic heterocycles. The number of carbonyl (C=O) groups excluding carboxylic acids is 1. The number of rotatable bonds is 0. The van der Waals surface area contributed by atoms with Crippen molar-refractivity contribution in [2.45, 2.75) is 51.4 Å². The van der Waals surface area contributed by atoms with Crippen molar-refractivity contribution in [1.29, 1.82) is 0 Å². The van der Waals surface area contributed by atoms with E-state index < -0.39 is 5.60 Å². The highest BCUT2D eigenvalue weighted by Crippen LogP contribution is 2.39. The Labute approximate surface area is 90.2 Å². The van der Waals surface area contributed by atoms with E-state index >= 15 is 0 Å². The molecule has 1 amide bonds. The predicted octanol–water partition coefficient (Wildman–Crippen LogP) is 1.38. The van der Waals surface area contributed by atoms with Gasteiger partial charge in [-0.3, -0.25) is 0 Å². The Kier molecular flexibility index (Phi) is 2.41. The molecule has 1 heterocycles. The molecule has 0 aromatic rings. The van der Waals surface area contributed by atoms with Crippen LogP contribution in [-0.2, 0) is 4.74 Å². The third kappa shape index (κ3) is 1.95. The van der Waals surface area contributed by atoms with E-state index in [1.807, 2.05) is 20.8 Å². The van der Waals surface area contributed by atoms with Crippen molar-refractivity contribution in [3.8, 4) is 0 Å². The van der Waals surface area contributed by atoms with E-state index in [-0.39, 0.29) is 18.2 Å². The number of hydrogen-bond acceptors (Lipinski definition) is 3. The molecule has 0 bridgehead atoms. The second-order valence-electron chi connectivity index (χ2n) is 5.53. The van der Waals surface area contributed by atoms with Gasteiger partial charge in [-0.2, -0.15) is 0 Å². The first kappa shape index (κ1) is 10.7. The van der Waals surface area contributed by atoms with Crippen LogP contribution in [0.3, 0.4) is 0 Å². The highest BCUT2D eigenvalue weighted by Gasteiger charge is 2.50. The minimum atomic E-state index is -0.453. The summed E-state index contributed by atoms with van der Waals surface area (Å²) in [4.78, 5) is 13.4. The molecule has 1 saturated carbocycles. The number of aliphatic hydroxyl groups excluding tert-OH is 1. The third-order valence-electron chi connectivity index (χ3n) is 3.13. The maximum Gasteiger partial charge on any atom is 0.410 e. The Morgan fingerprint density at radius 1 is 1.40 bits per heavy atom. The molecule has 4 nitrogen and oxygen atoms in total. The van der Waals surface area contributed by atoms with Crippen LogP contribution in [0, 0.1) is 5.92 Å². The predicted molar refractivity (Wildman–Crippen MR) is 55.5 cm³/mol. The summed E-state index contributed by atoms with van der Waals surface area (Å²) in [6.45, 7) is 6.31. The Bertz CT molecular complexity index is 265. The number of fused-ring (bicyclic) bond motifs is 1. The fraction of sp³-hybridized carbons (Fsp3) is 0.909.